The number of nitrogens with one attached hydrogen (secondary N) is 1. The number of hydrogen-bond acceptors (Lipinski definition) is 3. The lowest BCUT2D eigenvalue weighted by molar-refractivity contribution is -0.140. The maximum Gasteiger partial charge on any atom is 0.407 e. The van der Waals surface area contributed by atoms with Crippen LogP contribution in [0.15, 0.2) is 0 Å². The highest BCUT2D eigenvalue weighted by molar-refractivity contribution is 5.81. The molecule has 1 rings (SSSR count). The van der Waals surface area contributed by atoms with Gasteiger partial charge in [-0.2, -0.15) is 0 Å². The number of rotatable bonds is 2. The Labute approximate surface area is 109 Å². The summed E-state index contributed by atoms with van der Waals surface area (Å²) in [6.07, 6.45) is 1.22. The summed E-state index contributed by atoms with van der Waals surface area (Å²) in [7, 11) is 0. The van der Waals surface area contributed by atoms with E-state index in [0.29, 0.717) is 19.7 Å². The minimum atomic E-state index is -0.363. The zero-order chi connectivity index (χ0) is 13.8. The van der Waals surface area contributed by atoms with E-state index in [2.05, 4.69) is 5.32 Å². The lowest BCUT2D eigenvalue weighted by Crippen LogP contribution is -2.49. The molecule has 0 radical (unpaired) electrons. The van der Waals surface area contributed by atoms with E-state index in [1.807, 2.05) is 25.7 Å². The molecule has 1 N–H and O–H groups in total. The molecule has 104 valence electrons. The highest BCUT2D eigenvalue weighted by Gasteiger charge is 2.30. The van der Waals surface area contributed by atoms with Crippen molar-refractivity contribution < 1.29 is 14.3 Å². The molecule has 0 aromatic carbocycles. The van der Waals surface area contributed by atoms with Crippen LogP contribution in [0.3, 0.4) is 0 Å². The number of hydrogen-bond donors (Lipinski definition) is 1. The summed E-state index contributed by atoms with van der Waals surface area (Å²) in [5.74, 6) is 0.178. The SMILES string of the molecule is CCOC(=O)NC1CCN(C(=O)C(C)(C)C)CC1. The zero-order valence-electron chi connectivity index (χ0n) is 11.8. The van der Waals surface area contributed by atoms with Crippen LogP contribution in [0.4, 0.5) is 4.79 Å². The second-order valence-electron chi connectivity index (χ2n) is 5.68. The quantitative estimate of drug-likeness (QED) is 0.819. The van der Waals surface area contributed by atoms with Crippen LogP contribution in [0, 0.1) is 5.41 Å². The molecule has 18 heavy (non-hydrogen) atoms. The third kappa shape index (κ3) is 4.20. The number of amides is 2. The van der Waals surface area contributed by atoms with Crippen molar-refractivity contribution in [3.8, 4) is 0 Å². The second kappa shape index (κ2) is 6.07. The van der Waals surface area contributed by atoms with Crippen molar-refractivity contribution in [1.29, 1.82) is 0 Å². The molecule has 0 spiro atoms. The van der Waals surface area contributed by atoms with Gasteiger partial charge in [-0.15, -0.1) is 0 Å². The van der Waals surface area contributed by atoms with Crippen LogP contribution in [-0.2, 0) is 9.53 Å². The van der Waals surface area contributed by atoms with E-state index >= 15 is 0 Å². The summed E-state index contributed by atoms with van der Waals surface area (Å²) in [5.41, 5.74) is -0.332. The Balaban J connectivity index is 2.37. The molecule has 0 bridgehead atoms. The van der Waals surface area contributed by atoms with Crippen LogP contribution in [0.5, 0.6) is 0 Å². The molecule has 2 amide bonds. The van der Waals surface area contributed by atoms with Gasteiger partial charge in [-0.1, -0.05) is 20.8 Å². The van der Waals surface area contributed by atoms with Gasteiger partial charge in [-0.25, -0.2) is 4.79 Å². The van der Waals surface area contributed by atoms with E-state index in [0.717, 1.165) is 12.8 Å². The molecule has 1 fully saturated rings. The molecular weight excluding hydrogens is 232 g/mol. The Kier molecular flexibility index (Phi) is 4.99. The number of nitrogens with zero attached hydrogens (tertiary/aromatic N) is 1. The Morgan fingerprint density at radius 3 is 2.28 bits per heavy atom. The van der Waals surface area contributed by atoms with Crippen molar-refractivity contribution in [3.05, 3.63) is 0 Å². The number of ether oxygens (including phenoxy) is 1. The van der Waals surface area contributed by atoms with Crippen molar-refractivity contribution in [3.63, 3.8) is 0 Å². The number of alkyl carbamates (subject to hydrolysis) is 1. The minimum Gasteiger partial charge on any atom is -0.450 e. The van der Waals surface area contributed by atoms with Gasteiger partial charge in [0.05, 0.1) is 6.61 Å². The maximum atomic E-state index is 12.1. The van der Waals surface area contributed by atoms with Crippen molar-refractivity contribution in [1.82, 2.24) is 10.2 Å². The third-order valence-electron chi connectivity index (χ3n) is 3.02. The molecule has 0 aliphatic carbocycles. The second-order valence-corrected chi connectivity index (χ2v) is 5.68. The van der Waals surface area contributed by atoms with Gasteiger partial charge in [0.1, 0.15) is 0 Å². The topological polar surface area (TPSA) is 58.6 Å². The van der Waals surface area contributed by atoms with E-state index in [1.54, 1.807) is 6.92 Å². The first-order valence-electron chi connectivity index (χ1n) is 6.57. The van der Waals surface area contributed by atoms with Gasteiger partial charge in [0, 0.05) is 24.5 Å². The van der Waals surface area contributed by atoms with Crippen molar-refractivity contribution in [2.75, 3.05) is 19.7 Å². The van der Waals surface area contributed by atoms with E-state index < -0.39 is 0 Å². The molecule has 1 saturated heterocycles. The molecule has 0 unspecified atom stereocenters. The summed E-state index contributed by atoms with van der Waals surface area (Å²) in [5, 5.41) is 2.82. The monoisotopic (exact) mass is 256 g/mol. The van der Waals surface area contributed by atoms with Gasteiger partial charge in [0.15, 0.2) is 0 Å². The van der Waals surface area contributed by atoms with Gasteiger partial charge < -0.3 is 15.0 Å². The number of carbonyl (C=O) groups is 2. The summed E-state index contributed by atoms with van der Waals surface area (Å²) in [6, 6.07) is 0.119. The van der Waals surface area contributed by atoms with Crippen LogP contribution >= 0.6 is 0 Å². The van der Waals surface area contributed by atoms with Gasteiger partial charge in [-0.3, -0.25) is 4.79 Å². The summed E-state index contributed by atoms with van der Waals surface area (Å²) < 4.78 is 4.84. The number of piperidine rings is 1. The molecule has 0 atom stereocenters. The number of carbonyl (C=O) groups excluding carboxylic acids is 2. The largest absolute Gasteiger partial charge is 0.450 e. The van der Waals surface area contributed by atoms with Crippen LogP contribution < -0.4 is 5.32 Å². The predicted octanol–water partition coefficient (Wildman–Crippen LogP) is 1.77. The maximum absolute atomic E-state index is 12.1. The fraction of sp³-hybridized carbons (Fsp3) is 0.846. The van der Waals surface area contributed by atoms with Crippen LogP contribution in [0.25, 0.3) is 0 Å². The molecule has 5 heteroatoms. The predicted molar refractivity (Wildman–Crippen MR) is 69.2 cm³/mol. The van der Waals surface area contributed by atoms with Crippen LogP contribution in [0.2, 0.25) is 0 Å². The van der Waals surface area contributed by atoms with Crippen molar-refractivity contribution >= 4 is 12.0 Å². The lowest BCUT2D eigenvalue weighted by Gasteiger charge is -2.35. The Morgan fingerprint density at radius 2 is 1.83 bits per heavy atom. The first-order chi connectivity index (χ1) is 8.34. The molecule has 0 saturated carbocycles. The summed E-state index contributed by atoms with van der Waals surface area (Å²) in [6.45, 7) is 9.35. The van der Waals surface area contributed by atoms with Crippen molar-refractivity contribution in [2.45, 2.75) is 46.6 Å². The van der Waals surface area contributed by atoms with Crippen molar-refractivity contribution in [2.24, 2.45) is 5.41 Å². The molecule has 0 aromatic rings. The van der Waals surface area contributed by atoms with Gasteiger partial charge in [-0.05, 0) is 19.8 Å². The molecule has 5 nitrogen and oxygen atoms in total. The lowest BCUT2D eigenvalue weighted by atomic mass is 9.93. The molecule has 0 aromatic heterocycles. The highest BCUT2D eigenvalue weighted by Crippen LogP contribution is 2.20. The number of likely N-dealkylation sites (tertiary alicyclic amines) is 1. The normalized spacial score (nSPS) is 17.4. The van der Waals surface area contributed by atoms with Gasteiger partial charge in [0.25, 0.3) is 0 Å². The molecule has 1 aliphatic rings. The Hall–Kier alpha value is -1.26. The third-order valence-corrected chi connectivity index (χ3v) is 3.02. The first-order valence-corrected chi connectivity index (χ1v) is 6.57. The molecular formula is C13H24N2O3. The van der Waals surface area contributed by atoms with Crippen LogP contribution in [0.1, 0.15) is 40.5 Å². The average Bonchev–Trinajstić information content (AvgIpc) is 2.28. The first kappa shape index (κ1) is 14.8. The zero-order valence-corrected chi connectivity index (χ0v) is 11.8. The smallest absolute Gasteiger partial charge is 0.407 e. The van der Waals surface area contributed by atoms with Gasteiger partial charge >= 0.3 is 6.09 Å². The van der Waals surface area contributed by atoms with E-state index in [4.69, 9.17) is 4.74 Å². The Bertz CT molecular complexity index is 302. The minimum absolute atomic E-state index is 0.119. The van der Waals surface area contributed by atoms with E-state index in [-0.39, 0.29) is 23.5 Å². The van der Waals surface area contributed by atoms with E-state index in [1.165, 1.54) is 0 Å². The standard InChI is InChI=1S/C13H24N2O3/c1-5-18-12(17)14-10-6-8-15(9-7-10)11(16)13(2,3)4/h10H,5-9H2,1-4H3,(H,14,17). The Morgan fingerprint density at radius 1 is 1.28 bits per heavy atom. The fourth-order valence-corrected chi connectivity index (χ4v) is 2.04. The fourth-order valence-electron chi connectivity index (χ4n) is 2.04. The highest BCUT2D eigenvalue weighted by atomic mass is 16.5. The van der Waals surface area contributed by atoms with E-state index in [9.17, 15) is 9.59 Å². The van der Waals surface area contributed by atoms with Gasteiger partial charge in [0.2, 0.25) is 5.91 Å². The summed E-state index contributed by atoms with van der Waals surface area (Å²) >= 11 is 0. The average molecular weight is 256 g/mol. The van der Waals surface area contributed by atoms with Crippen LogP contribution in [-0.4, -0.2) is 42.6 Å². The summed E-state index contributed by atoms with van der Waals surface area (Å²) in [4.78, 5) is 25.2. The molecule has 1 aliphatic heterocycles. The molecule has 1 heterocycles.